The fourth-order valence-electron chi connectivity index (χ4n) is 2.71. The maximum atomic E-state index is 14.8. The number of benzene rings is 2. The molecular formula is C22H19Br2F4NO7. The molecule has 2 aromatic carbocycles. The fourth-order valence-corrected chi connectivity index (χ4v) is 3.43. The first-order valence-electron chi connectivity index (χ1n) is 9.93. The molecule has 0 saturated carbocycles. The molecule has 0 aromatic heterocycles. The summed E-state index contributed by atoms with van der Waals surface area (Å²) in [4.78, 5) is 35.0. The molecule has 0 saturated heterocycles. The van der Waals surface area contributed by atoms with Crippen LogP contribution in [0.15, 0.2) is 45.3 Å². The standard InChI is InChI=1S/C22H19Br2F4NO7/c1-3-34-15-8-11(4-6-13(15)23)21(25,26)17(29)19(31)36-10-35-16-9-12(5-7-14(16)24)22(27,28)18(30)20(32)33-2/h4-9,17H,3,10,29H2,1-2H3. The highest BCUT2D eigenvalue weighted by molar-refractivity contribution is 9.10. The molecule has 0 bridgehead atoms. The van der Waals surface area contributed by atoms with Gasteiger partial charge in [0.15, 0.2) is 6.04 Å². The van der Waals surface area contributed by atoms with Crippen molar-refractivity contribution in [1.29, 1.82) is 0 Å². The Labute approximate surface area is 219 Å². The number of rotatable bonds is 11. The Morgan fingerprint density at radius 2 is 1.47 bits per heavy atom. The number of ether oxygens (including phenoxy) is 4. The van der Waals surface area contributed by atoms with Crippen molar-refractivity contribution >= 4 is 49.6 Å². The number of esters is 2. The first kappa shape index (κ1) is 29.5. The van der Waals surface area contributed by atoms with Gasteiger partial charge in [0, 0.05) is 11.1 Å². The maximum absolute atomic E-state index is 14.8. The average molecular weight is 645 g/mol. The number of ketones is 1. The molecule has 2 aromatic rings. The Kier molecular flexibility index (Phi) is 9.85. The van der Waals surface area contributed by atoms with Crippen LogP contribution in [0.2, 0.25) is 0 Å². The van der Waals surface area contributed by atoms with E-state index in [1.54, 1.807) is 6.92 Å². The Bertz CT molecular complexity index is 1150. The smallest absolute Gasteiger partial charge is 0.381 e. The highest BCUT2D eigenvalue weighted by atomic mass is 79.9. The predicted molar refractivity (Wildman–Crippen MR) is 124 cm³/mol. The zero-order chi connectivity index (χ0) is 27.3. The van der Waals surface area contributed by atoms with Crippen LogP contribution in [-0.2, 0) is 35.7 Å². The monoisotopic (exact) mass is 643 g/mol. The Hall–Kier alpha value is -2.71. The summed E-state index contributed by atoms with van der Waals surface area (Å²) in [5.74, 6) is -13.7. The van der Waals surface area contributed by atoms with Crippen molar-refractivity contribution in [2.75, 3.05) is 20.5 Å². The Morgan fingerprint density at radius 3 is 2.03 bits per heavy atom. The summed E-state index contributed by atoms with van der Waals surface area (Å²) in [7, 11) is 0.768. The number of alkyl halides is 4. The summed E-state index contributed by atoms with van der Waals surface area (Å²) in [6.07, 6.45) is 0. The molecule has 14 heteroatoms. The lowest BCUT2D eigenvalue weighted by atomic mass is 10.0. The van der Waals surface area contributed by atoms with Gasteiger partial charge in [-0.1, -0.05) is 12.1 Å². The largest absolute Gasteiger partial charge is 0.493 e. The molecule has 0 fully saturated rings. The topological polar surface area (TPSA) is 114 Å². The van der Waals surface area contributed by atoms with Crippen molar-refractivity contribution in [3.05, 3.63) is 56.5 Å². The number of halogens is 6. The highest BCUT2D eigenvalue weighted by Crippen LogP contribution is 2.37. The van der Waals surface area contributed by atoms with Crippen LogP contribution in [0, 0.1) is 0 Å². The van der Waals surface area contributed by atoms with Crippen molar-refractivity contribution in [3.63, 3.8) is 0 Å². The van der Waals surface area contributed by atoms with Crippen molar-refractivity contribution in [2.24, 2.45) is 5.73 Å². The van der Waals surface area contributed by atoms with Gasteiger partial charge in [-0.25, -0.2) is 4.79 Å². The van der Waals surface area contributed by atoms with Crippen LogP contribution in [0.5, 0.6) is 11.5 Å². The molecule has 0 amide bonds. The zero-order valence-electron chi connectivity index (χ0n) is 18.7. The summed E-state index contributed by atoms with van der Waals surface area (Å²) in [6.45, 7) is 0.886. The number of hydrogen-bond donors (Lipinski definition) is 1. The third-order valence-corrected chi connectivity index (χ3v) is 5.94. The van der Waals surface area contributed by atoms with E-state index in [-0.39, 0.29) is 22.6 Å². The fraction of sp³-hybridized carbons (Fsp3) is 0.318. The van der Waals surface area contributed by atoms with Crippen LogP contribution in [-0.4, -0.2) is 44.3 Å². The minimum atomic E-state index is -4.25. The SMILES string of the molecule is CCOc1cc(C(F)(F)C(N)C(=O)OCOc2cc(C(F)(F)C(=O)C(=O)OC)ccc2Br)ccc1Br. The summed E-state index contributed by atoms with van der Waals surface area (Å²) in [5.41, 5.74) is 3.90. The number of nitrogens with two attached hydrogens (primary N) is 1. The first-order valence-corrected chi connectivity index (χ1v) is 11.5. The maximum Gasteiger partial charge on any atom is 0.381 e. The summed E-state index contributed by atoms with van der Waals surface area (Å²) < 4.78 is 77.8. The lowest BCUT2D eigenvalue weighted by Gasteiger charge is -2.23. The molecule has 8 nitrogen and oxygen atoms in total. The molecule has 0 aliphatic rings. The van der Waals surface area contributed by atoms with Crippen molar-refractivity contribution in [2.45, 2.75) is 24.8 Å². The van der Waals surface area contributed by atoms with Crippen LogP contribution in [0.25, 0.3) is 0 Å². The number of carbonyl (C=O) groups excluding carboxylic acids is 3. The van der Waals surface area contributed by atoms with E-state index in [2.05, 4.69) is 41.3 Å². The van der Waals surface area contributed by atoms with E-state index in [9.17, 15) is 31.9 Å². The highest BCUT2D eigenvalue weighted by Gasteiger charge is 2.47. The van der Waals surface area contributed by atoms with Crippen molar-refractivity contribution in [1.82, 2.24) is 0 Å². The van der Waals surface area contributed by atoms with Crippen LogP contribution in [0.1, 0.15) is 18.1 Å². The number of carbonyl (C=O) groups is 3. The van der Waals surface area contributed by atoms with Crippen LogP contribution < -0.4 is 15.2 Å². The third-order valence-electron chi connectivity index (χ3n) is 4.63. The molecule has 2 rings (SSSR count). The molecule has 1 atom stereocenters. The van der Waals surface area contributed by atoms with Gasteiger partial charge in [0.05, 0.1) is 22.7 Å². The van der Waals surface area contributed by atoms with Gasteiger partial charge >= 0.3 is 23.6 Å². The second-order valence-corrected chi connectivity index (χ2v) is 8.65. The average Bonchev–Trinajstić information content (AvgIpc) is 2.84. The van der Waals surface area contributed by atoms with Gasteiger partial charge in [-0.2, -0.15) is 17.6 Å². The van der Waals surface area contributed by atoms with E-state index < -0.39 is 53.5 Å². The summed E-state index contributed by atoms with van der Waals surface area (Å²) >= 11 is 6.17. The molecule has 0 radical (unpaired) electrons. The van der Waals surface area contributed by atoms with E-state index in [1.807, 2.05) is 0 Å². The van der Waals surface area contributed by atoms with Gasteiger partial charge in [-0.05, 0) is 63.0 Å². The Morgan fingerprint density at radius 1 is 0.944 bits per heavy atom. The summed E-state index contributed by atoms with van der Waals surface area (Å²) in [5, 5.41) is 0. The molecule has 0 spiro atoms. The molecule has 36 heavy (non-hydrogen) atoms. The number of methoxy groups -OCH3 is 1. The van der Waals surface area contributed by atoms with Gasteiger partial charge in [0.1, 0.15) is 11.5 Å². The van der Waals surface area contributed by atoms with Gasteiger partial charge in [-0.3, -0.25) is 9.59 Å². The first-order chi connectivity index (χ1) is 16.8. The van der Waals surface area contributed by atoms with Crippen molar-refractivity contribution in [3.8, 4) is 11.5 Å². The molecule has 0 aliphatic carbocycles. The van der Waals surface area contributed by atoms with Crippen LogP contribution in [0.3, 0.4) is 0 Å². The third kappa shape index (κ3) is 6.53. The number of Topliss-reactive ketones (excluding diaryl/α,β-unsaturated/α-hetero) is 1. The van der Waals surface area contributed by atoms with Crippen molar-refractivity contribution < 1.29 is 50.9 Å². The Balaban J connectivity index is 2.11. The van der Waals surface area contributed by atoms with Gasteiger partial charge in [-0.15, -0.1) is 0 Å². The molecule has 0 heterocycles. The lowest BCUT2D eigenvalue weighted by molar-refractivity contribution is -0.165. The normalized spacial score (nSPS) is 12.5. The van der Waals surface area contributed by atoms with E-state index in [0.29, 0.717) is 10.5 Å². The predicted octanol–water partition coefficient (Wildman–Crippen LogP) is 4.44. The van der Waals surface area contributed by atoms with Gasteiger partial charge < -0.3 is 24.7 Å². The van der Waals surface area contributed by atoms with Gasteiger partial charge in [0.2, 0.25) is 6.79 Å². The number of hydrogen-bond acceptors (Lipinski definition) is 8. The molecule has 196 valence electrons. The van der Waals surface area contributed by atoms with Crippen LogP contribution in [0.4, 0.5) is 17.6 Å². The molecule has 2 N–H and O–H groups in total. The van der Waals surface area contributed by atoms with E-state index in [0.717, 1.165) is 31.4 Å². The van der Waals surface area contributed by atoms with E-state index >= 15 is 0 Å². The second kappa shape index (κ2) is 12.0. The van der Waals surface area contributed by atoms with Gasteiger partial charge in [0.25, 0.3) is 5.92 Å². The molecule has 1 unspecified atom stereocenters. The summed E-state index contributed by atoms with van der Waals surface area (Å²) in [6, 6.07) is 3.56. The molecular weight excluding hydrogens is 626 g/mol. The molecule has 0 aliphatic heterocycles. The second-order valence-electron chi connectivity index (χ2n) is 6.94. The van der Waals surface area contributed by atoms with E-state index in [4.69, 9.17) is 15.2 Å². The lowest BCUT2D eigenvalue weighted by Crippen LogP contribution is -2.46. The quantitative estimate of drug-likeness (QED) is 0.165. The van der Waals surface area contributed by atoms with Crippen LogP contribution >= 0.6 is 31.9 Å². The zero-order valence-corrected chi connectivity index (χ0v) is 21.8. The minimum absolute atomic E-state index is 0.0940. The van der Waals surface area contributed by atoms with E-state index in [1.165, 1.54) is 6.07 Å². The minimum Gasteiger partial charge on any atom is -0.493 e.